The third-order valence-electron chi connectivity index (χ3n) is 6.83. The summed E-state index contributed by atoms with van der Waals surface area (Å²) >= 11 is 0. The normalized spacial score (nSPS) is 17.1. The molecule has 1 aliphatic carbocycles. The van der Waals surface area contributed by atoms with Crippen molar-refractivity contribution in [3.8, 4) is 0 Å². The maximum Gasteiger partial charge on any atom is 0.408 e. The topological polar surface area (TPSA) is 189 Å². The number of nitrogens with one attached hydrogen (secondary N) is 4. The number of rotatable bonds is 16. The van der Waals surface area contributed by atoms with E-state index in [1.807, 2.05) is 6.92 Å². The van der Waals surface area contributed by atoms with Gasteiger partial charge in [-0.3, -0.25) is 19.2 Å². The van der Waals surface area contributed by atoms with Gasteiger partial charge in [0.2, 0.25) is 23.6 Å². The van der Waals surface area contributed by atoms with Crippen molar-refractivity contribution in [2.24, 2.45) is 17.6 Å². The molecule has 0 aliphatic heterocycles. The molecule has 0 saturated heterocycles. The molecule has 1 aliphatic rings. The Balaban J connectivity index is 2.90. The number of ether oxygens (including phenoxy) is 1. The van der Waals surface area contributed by atoms with Crippen molar-refractivity contribution >= 4 is 29.7 Å². The molecule has 0 heterocycles. The molecule has 7 N–H and O–H groups in total. The summed E-state index contributed by atoms with van der Waals surface area (Å²) in [6.07, 6.45) is 5.42. The van der Waals surface area contributed by atoms with Gasteiger partial charge >= 0.3 is 6.09 Å². The third kappa shape index (κ3) is 15.0. The molecule has 0 bridgehead atoms. The van der Waals surface area contributed by atoms with Crippen molar-refractivity contribution in [1.82, 2.24) is 21.3 Å². The Kier molecular flexibility index (Phi) is 15.6. The predicted octanol–water partition coefficient (Wildman–Crippen LogP) is 1.63. The number of hydrogen-bond acceptors (Lipinski definition) is 7. The van der Waals surface area contributed by atoms with Gasteiger partial charge < -0.3 is 36.8 Å². The van der Waals surface area contributed by atoms with Crippen molar-refractivity contribution in [2.75, 3.05) is 13.1 Å². The minimum atomic E-state index is -1.30. The smallest absolute Gasteiger partial charge is 0.408 e. The monoisotopic (exact) mass is 569 g/mol. The molecule has 40 heavy (non-hydrogen) atoms. The Labute approximate surface area is 238 Å². The third-order valence-corrected chi connectivity index (χ3v) is 6.83. The van der Waals surface area contributed by atoms with E-state index in [4.69, 9.17) is 10.5 Å². The lowest BCUT2D eigenvalue weighted by molar-refractivity contribution is -0.132. The maximum absolute atomic E-state index is 13.3. The largest absolute Gasteiger partial charge is 0.444 e. The van der Waals surface area contributed by atoms with Crippen LogP contribution in [0.15, 0.2) is 0 Å². The standard InChI is InChI=1S/C28H51N5O7/c1-6-7-13-30-25(37)18(2)14-22(34)20(15-19-11-9-8-10-12-19)33-26(38)21(16-23(29)35)32-24(36)17-31-27(39)40-28(3,4)5/h18-22,34H,6-17H2,1-5H3,(H2,29,35)(H,30,37)(H,31,39)(H,32,36)(H,33,38)/t18-,20+,21+,22+/m1/s1. The Bertz CT molecular complexity index is 839. The molecule has 0 aromatic carbocycles. The molecule has 1 rings (SSSR count). The van der Waals surface area contributed by atoms with Crippen LogP contribution in [0.3, 0.4) is 0 Å². The van der Waals surface area contributed by atoms with Crippen molar-refractivity contribution < 1.29 is 33.8 Å². The summed E-state index contributed by atoms with van der Waals surface area (Å²) in [5.74, 6) is -2.53. The average molecular weight is 570 g/mol. The van der Waals surface area contributed by atoms with E-state index in [0.29, 0.717) is 18.9 Å². The fourth-order valence-corrected chi connectivity index (χ4v) is 4.70. The lowest BCUT2D eigenvalue weighted by atomic mass is 9.82. The molecule has 0 aromatic heterocycles. The number of aliphatic hydroxyl groups excluding tert-OH is 1. The summed E-state index contributed by atoms with van der Waals surface area (Å²) in [7, 11) is 0. The predicted molar refractivity (Wildman–Crippen MR) is 151 cm³/mol. The number of aliphatic hydroxyl groups is 1. The Hall–Kier alpha value is -2.89. The molecule has 1 fully saturated rings. The minimum Gasteiger partial charge on any atom is -0.444 e. The fourth-order valence-electron chi connectivity index (χ4n) is 4.70. The highest BCUT2D eigenvalue weighted by atomic mass is 16.6. The molecular weight excluding hydrogens is 518 g/mol. The number of nitrogens with two attached hydrogens (primary N) is 1. The minimum absolute atomic E-state index is 0.141. The quantitative estimate of drug-likeness (QED) is 0.152. The number of primary amides is 1. The molecule has 4 atom stereocenters. The highest BCUT2D eigenvalue weighted by molar-refractivity contribution is 5.92. The SMILES string of the molecule is CCCCNC(=O)[C@H](C)C[C@H](O)[C@H](CC1CCCCC1)NC(=O)[C@H](CC(N)=O)NC(=O)CNC(=O)OC(C)(C)C. The molecule has 0 spiro atoms. The van der Waals surface area contributed by atoms with E-state index in [1.165, 1.54) is 0 Å². The fraction of sp³-hybridized carbons (Fsp3) is 0.821. The van der Waals surface area contributed by atoms with Crippen LogP contribution in [0.2, 0.25) is 0 Å². The van der Waals surface area contributed by atoms with Gasteiger partial charge in [0.05, 0.1) is 18.6 Å². The van der Waals surface area contributed by atoms with E-state index in [0.717, 1.165) is 44.9 Å². The first-order chi connectivity index (χ1) is 18.7. The lowest BCUT2D eigenvalue weighted by Crippen LogP contribution is -2.55. The first-order valence-corrected chi connectivity index (χ1v) is 14.5. The van der Waals surface area contributed by atoms with E-state index in [-0.39, 0.29) is 12.3 Å². The van der Waals surface area contributed by atoms with Gasteiger partial charge in [0, 0.05) is 12.5 Å². The van der Waals surface area contributed by atoms with Gasteiger partial charge in [-0.25, -0.2) is 4.79 Å². The Morgan fingerprint density at radius 3 is 2.23 bits per heavy atom. The number of unbranched alkanes of at least 4 members (excludes halogenated alkanes) is 1. The summed E-state index contributed by atoms with van der Waals surface area (Å²) in [4.78, 5) is 61.7. The van der Waals surface area contributed by atoms with Gasteiger partial charge in [0.15, 0.2) is 0 Å². The van der Waals surface area contributed by atoms with E-state index in [9.17, 15) is 29.1 Å². The summed E-state index contributed by atoms with van der Waals surface area (Å²) in [5.41, 5.74) is 4.58. The highest BCUT2D eigenvalue weighted by Crippen LogP contribution is 2.29. The molecule has 0 unspecified atom stereocenters. The summed E-state index contributed by atoms with van der Waals surface area (Å²) in [5, 5.41) is 21.5. The summed E-state index contributed by atoms with van der Waals surface area (Å²) in [6.45, 7) is 8.89. The number of alkyl carbamates (subject to hydrolysis) is 1. The van der Waals surface area contributed by atoms with Gasteiger partial charge in [-0.1, -0.05) is 52.4 Å². The van der Waals surface area contributed by atoms with Crippen molar-refractivity contribution in [2.45, 2.75) is 123 Å². The van der Waals surface area contributed by atoms with Crippen LogP contribution < -0.4 is 27.0 Å². The van der Waals surface area contributed by atoms with Crippen LogP contribution in [-0.2, 0) is 23.9 Å². The lowest BCUT2D eigenvalue weighted by Gasteiger charge is -2.32. The van der Waals surface area contributed by atoms with Crippen LogP contribution >= 0.6 is 0 Å². The zero-order valence-corrected chi connectivity index (χ0v) is 24.8. The first-order valence-electron chi connectivity index (χ1n) is 14.5. The zero-order valence-electron chi connectivity index (χ0n) is 24.8. The zero-order chi connectivity index (χ0) is 30.3. The van der Waals surface area contributed by atoms with Gasteiger partial charge in [-0.15, -0.1) is 0 Å². The first kappa shape index (κ1) is 35.1. The second-order valence-corrected chi connectivity index (χ2v) is 11.8. The molecular formula is C28H51N5O7. The molecule has 0 radical (unpaired) electrons. The molecule has 12 nitrogen and oxygen atoms in total. The van der Waals surface area contributed by atoms with Gasteiger partial charge in [-0.05, 0) is 46.0 Å². The molecule has 1 saturated carbocycles. The van der Waals surface area contributed by atoms with Gasteiger partial charge in [-0.2, -0.15) is 0 Å². The molecule has 12 heteroatoms. The molecule has 0 aromatic rings. The van der Waals surface area contributed by atoms with E-state index < -0.39 is 66.5 Å². The number of hydrogen-bond donors (Lipinski definition) is 6. The van der Waals surface area contributed by atoms with E-state index in [2.05, 4.69) is 21.3 Å². The van der Waals surface area contributed by atoms with Crippen molar-refractivity contribution in [3.05, 3.63) is 0 Å². The second-order valence-electron chi connectivity index (χ2n) is 11.8. The summed E-state index contributed by atoms with van der Waals surface area (Å²) < 4.78 is 5.09. The highest BCUT2D eigenvalue weighted by Gasteiger charge is 2.32. The number of amides is 5. The maximum atomic E-state index is 13.3. The molecule has 230 valence electrons. The van der Waals surface area contributed by atoms with E-state index in [1.54, 1.807) is 27.7 Å². The average Bonchev–Trinajstić information content (AvgIpc) is 2.86. The Morgan fingerprint density at radius 2 is 1.65 bits per heavy atom. The van der Waals surface area contributed by atoms with Crippen LogP contribution in [0.25, 0.3) is 0 Å². The van der Waals surface area contributed by atoms with Crippen LogP contribution in [0.4, 0.5) is 4.79 Å². The number of carbonyl (C=O) groups excluding carboxylic acids is 5. The van der Waals surface area contributed by atoms with Gasteiger partial charge in [0.1, 0.15) is 18.2 Å². The second kappa shape index (κ2) is 17.7. The van der Waals surface area contributed by atoms with Gasteiger partial charge in [0.25, 0.3) is 0 Å². The van der Waals surface area contributed by atoms with Crippen molar-refractivity contribution in [3.63, 3.8) is 0 Å². The van der Waals surface area contributed by atoms with Crippen LogP contribution in [-0.4, -0.2) is 71.7 Å². The van der Waals surface area contributed by atoms with Crippen molar-refractivity contribution in [1.29, 1.82) is 0 Å². The van der Waals surface area contributed by atoms with Crippen LogP contribution in [0.1, 0.15) is 98.8 Å². The molecule has 5 amide bonds. The van der Waals surface area contributed by atoms with E-state index >= 15 is 0 Å². The van der Waals surface area contributed by atoms with Crippen LogP contribution in [0.5, 0.6) is 0 Å². The number of carbonyl (C=O) groups is 5. The summed E-state index contributed by atoms with van der Waals surface area (Å²) in [6, 6.07) is -1.99. The Morgan fingerprint density at radius 1 is 1.00 bits per heavy atom. The van der Waals surface area contributed by atoms with Crippen LogP contribution in [0, 0.1) is 11.8 Å².